The number of carbonyl (C=O) groups excluding carboxylic acids is 2. The van der Waals surface area contributed by atoms with Crippen LogP contribution in [0.25, 0.3) is 0 Å². The van der Waals surface area contributed by atoms with Crippen LogP contribution >= 0.6 is 0 Å². The molecule has 0 unspecified atom stereocenters. The van der Waals surface area contributed by atoms with Gasteiger partial charge in [-0.1, -0.05) is 12.1 Å². The summed E-state index contributed by atoms with van der Waals surface area (Å²) in [5, 5.41) is 2.97. The molecule has 0 atom stereocenters. The molecule has 0 saturated heterocycles. The van der Waals surface area contributed by atoms with E-state index in [9.17, 15) is 9.59 Å². The van der Waals surface area contributed by atoms with Crippen molar-refractivity contribution in [2.75, 3.05) is 23.9 Å². The van der Waals surface area contributed by atoms with Crippen molar-refractivity contribution >= 4 is 23.2 Å². The molecule has 2 aliphatic heterocycles. The average molecular weight is 322 g/mol. The van der Waals surface area contributed by atoms with Gasteiger partial charge in [0.2, 0.25) is 5.91 Å². The lowest BCUT2D eigenvalue weighted by Gasteiger charge is -2.25. The highest BCUT2D eigenvalue weighted by Gasteiger charge is 2.31. The second-order valence-corrected chi connectivity index (χ2v) is 6.09. The Bertz CT molecular complexity index is 845. The summed E-state index contributed by atoms with van der Waals surface area (Å²) in [4.78, 5) is 26.4. The quantitative estimate of drug-likeness (QED) is 0.945. The van der Waals surface area contributed by atoms with Gasteiger partial charge >= 0.3 is 0 Å². The number of hydrogen-bond acceptors (Lipinski definition) is 3. The fourth-order valence-electron chi connectivity index (χ4n) is 3.56. The van der Waals surface area contributed by atoms with Crippen molar-refractivity contribution in [1.82, 2.24) is 0 Å². The molecule has 0 fully saturated rings. The van der Waals surface area contributed by atoms with Crippen molar-refractivity contribution in [2.45, 2.75) is 19.3 Å². The summed E-state index contributed by atoms with van der Waals surface area (Å²) in [6.45, 7) is 0.741. The van der Waals surface area contributed by atoms with Gasteiger partial charge in [-0.25, -0.2) is 0 Å². The molecule has 5 nitrogen and oxygen atoms in total. The molecular formula is C19H18N2O3. The van der Waals surface area contributed by atoms with Crippen molar-refractivity contribution in [3.05, 3.63) is 53.1 Å². The van der Waals surface area contributed by atoms with E-state index in [2.05, 4.69) is 5.32 Å². The van der Waals surface area contributed by atoms with Crippen LogP contribution < -0.4 is 15.0 Å². The van der Waals surface area contributed by atoms with Crippen molar-refractivity contribution in [1.29, 1.82) is 0 Å². The summed E-state index contributed by atoms with van der Waals surface area (Å²) in [7, 11) is 1.55. The van der Waals surface area contributed by atoms with Crippen LogP contribution in [0, 0.1) is 0 Å². The van der Waals surface area contributed by atoms with E-state index in [1.165, 1.54) is 0 Å². The summed E-state index contributed by atoms with van der Waals surface area (Å²) >= 11 is 0. The second-order valence-electron chi connectivity index (χ2n) is 6.09. The Morgan fingerprint density at radius 3 is 2.67 bits per heavy atom. The highest BCUT2D eigenvalue weighted by atomic mass is 16.5. The van der Waals surface area contributed by atoms with Gasteiger partial charge in [-0.2, -0.15) is 0 Å². The van der Waals surface area contributed by atoms with Gasteiger partial charge in [0.1, 0.15) is 5.75 Å². The zero-order valence-electron chi connectivity index (χ0n) is 13.5. The number of benzene rings is 2. The molecule has 0 aliphatic carbocycles. The van der Waals surface area contributed by atoms with E-state index in [1.807, 2.05) is 29.2 Å². The first kappa shape index (κ1) is 14.8. The SMILES string of the molecule is COc1ccccc1C(=O)Nc1cc2c3c(c1)CCN3C(=O)CC2. The first-order valence-corrected chi connectivity index (χ1v) is 8.08. The number of para-hydroxylation sites is 1. The van der Waals surface area contributed by atoms with Crippen molar-refractivity contribution in [3.8, 4) is 5.75 Å². The third-order valence-corrected chi connectivity index (χ3v) is 4.66. The molecule has 1 N–H and O–H groups in total. The number of nitrogens with one attached hydrogen (secondary N) is 1. The summed E-state index contributed by atoms with van der Waals surface area (Å²) in [6.07, 6.45) is 2.11. The van der Waals surface area contributed by atoms with E-state index < -0.39 is 0 Å². The number of amides is 2. The topological polar surface area (TPSA) is 58.6 Å². The minimum Gasteiger partial charge on any atom is -0.496 e. The van der Waals surface area contributed by atoms with E-state index in [-0.39, 0.29) is 11.8 Å². The number of anilines is 2. The molecule has 2 amide bonds. The number of ether oxygens (including phenoxy) is 1. The van der Waals surface area contributed by atoms with Crippen LogP contribution in [0.2, 0.25) is 0 Å². The molecule has 122 valence electrons. The zero-order chi connectivity index (χ0) is 16.7. The predicted molar refractivity (Wildman–Crippen MR) is 91.8 cm³/mol. The molecule has 24 heavy (non-hydrogen) atoms. The molecular weight excluding hydrogens is 304 g/mol. The van der Waals surface area contributed by atoms with Gasteiger partial charge in [-0.3, -0.25) is 9.59 Å². The summed E-state index contributed by atoms with van der Waals surface area (Å²) in [6, 6.07) is 11.1. The molecule has 2 aromatic carbocycles. The molecule has 5 heteroatoms. The van der Waals surface area contributed by atoms with Crippen molar-refractivity contribution < 1.29 is 14.3 Å². The Kier molecular flexibility index (Phi) is 3.49. The third-order valence-electron chi connectivity index (χ3n) is 4.66. The Morgan fingerprint density at radius 2 is 1.88 bits per heavy atom. The highest BCUT2D eigenvalue weighted by Crippen LogP contribution is 2.38. The smallest absolute Gasteiger partial charge is 0.259 e. The van der Waals surface area contributed by atoms with Gasteiger partial charge in [0.25, 0.3) is 5.91 Å². The number of rotatable bonds is 3. The second kappa shape index (κ2) is 5.67. The molecule has 0 saturated carbocycles. The monoisotopic (exact) mass is 322 g/mol. The fraction of sp³-hybridized carbons (Fsp3) is 0.263. The zero-order valence-corrected chi connectivity index (χ0v) is 13.5. The van der Waals surface area contributed by atoms with Gasteiger partial charge in [-0.05, 0) is 48.2 Å². The number of nitrogens with zero attached hydrogens (tertiary/aromatic N) is 1. The van der Waals surface area contributed by atoms with Crippen LogP contribution in [0.4, 0.5) is 11.4 Å². The van der Waals surface area contributed by atoms with Crippen LogP contribution in [0.5, 0.6) is 5.75 Å². The van der Waals surface area contributed by atoms with Gasteiger partial charge < -0.3 is 15.0 Å². The molecule has 2 aliphatic rings. The Morgan fingerprint density at radius 1 is 1.12 bits per heavy atom. The van der Waals surface area contributed by atoms with Gasteiger partial charge in [0, 0.05) is 18.7 Å². The number of carbonyl (C=O) groups is 2. The Balaban J connectivity index is 1.65. The minimum atomic E-state index is -0.193. The molecule has 2 heterocycles. The van der Waals surface area contributed by atoms with Crippen molar-refractivity contribution in [3.63, 3.8) is 0 Å². The van der Waals surface area contributed by atoms with E-state index in [0.29, 0.717) is 17.7 Å². The van der Waals surface area contributed by atoms with E-state index in [1.54, 1.807) is 19.2 Å². The van der Waals surface area contributed by atoms with Crippen LogP contribution in [0.15, 0.2) is 36.4 Å². The predicted octanol–water partition coefficient (Wildman–Crippen LogP) is 2.78. The normalized spacial score (nSPS) is 15.2. The molecule has 0 spiro atoms. The molecule has 2 aromatic rings. The first-order valence-electron chi connectivity index (χ1n) is 8.08. The molecule has 0 bridgehead atoms. The summed E-state index contributed by atoms with van der Waals surface area (Å²) in [5.41, 5.74) is 4.61. The molecule has 4 rings (SSSR count). The Labute approximate surface area is 140 Å². The minimum absolute atomic E-state index is 0.193. The first-order chi connectivity index (χ1) is 11.7. The maximum Gasteiger partial charge on any atom is 0.259 e. The number of aryl methyl sites for hydroxylation is 1. The van der Waals surface area contributed by atoms with Gasteiger partial charge in [-0.15, -0.1) is 0 Å². The lowest BCUT2D eigenvalue weighted by Crippen LogP contribution is -2.32. The lowest BCUT2D eigenvalue weighted by atomic mass is 9.98. The van der Waals surface area contributed by atoms with Gasteiger partial charge in [0.05, 0.1) is 18.4 Å². The largest absolute Gasteiger partial charge is 0.496 e. The lowest BCUT2D eigenvalue weighted by molar-refractivity contribution is -0.118. The number of methoxy groups -OCH3 is 1. The van der Waals surface area contributed by atoms with Crippen molar-refractivity contribution in [2.24, 2.45) is 0 Å². The van der Waals surface area contributed by atoms with E-state index in [0.717, 1.165) is 41.9 Å². The van der Waals surface area contributed by atoms with E-state index in [4.69, 9.17) is 4.74 Å². The maximum atomic E-state index is 12.6. The third kappa shape index (κ3) is 2.33. The fourth-order valence-corrected chi connectivity index (χ4v) is 3.56. The van der Waals surface area contributed by atoms with Crippen LogP contribution in [0.1, 0.15) is 27.9 Å². The highest BCUT2D eigenvalue weighted by molar-refractivity contribution is 6.07. The van der Waals surface area contributed by atoms with E-state index >= 15 is 0 Å². The van der Waals surface area contributed by atoms with Gasteiger partial charge in [0.15, 0.2) is 0 Å². The maximum absolute atomic E-state index is 12.6. The average Bonchev–Trinajstić information content (AvgIpc) is 3.03. The summed E-state index contributed by atoms with van der Waals surface area (Å²) in [5.74, 6) is 0.558. The molecule has 0 radical (unpaired) electrons. The van der Waals surface area contributed by atoms with Crippen LogP contribution in [-0.4, -0.2) is 25.5 Å². The molecule has 0 aromatic heterocycles. The van der Waals surface area contributed by atoms with Crippen LogP contribution in [-0.2, 0) is 17.6 Å². The standard InChI is InChI=1S/C19H18N2O3/c1-24-16-5-3-2-4-15(16)19(23)20-14-10-12-6-7-17(22)21-9-8-13(11-14)18(12)21/h2-5,10-11H,6-9H2,1H3,(H,20,23). The Hall–Kier alpha value is -2.82. The number of hydrogen-bond donors (Lipinski definition) is 1. The van der Waals surface area contributed by atoms with Crippen LogP contribution in [0.3, 0.4) is 0 Å². The summed E-state index contributed by atoms with van der Waals surface area (Å²) < 4.78 is 5.25.